The lowest BCUT2D eigenvalue weighted by Crippen LogP contribution is -2.55. The Morgan fingerprint density at radius 2 is 2.32 bits per heavy atom. The Morgan fingerprint density at radius 1 is 1.55 bits per heavy atom. The minimum Gasteiger partial charge on any atom is -0.485 e. The first-order valence-electron chi connectivity index (χ1n) is 7.07. The van der Waals surface area contributed by atoms with E-state index in [1.807, 2.05) is 31.0 Å². The summed E-state index contributed by atoms with van der Waals surface area (Å²) in [6.07, 6.45) is 1.10. The average Bonchev–Trinajstić information content (AvgIpc) is 2.89. The van der Waals surface area contributed by atoms with Crippen LogP contribution in [0.5, 0.6) is 5.75 Å². The second-order valence-corrected chi connectivity index (χ2v) is 6.35. The second-order valence-electron chi connectivity index (χ2n) is 5.91. The Labute approximate surface area is 134 Å². The first kappa shape index (κ1) is 14.9. The summed E-state index contributed by atoms with van der Waals surface area (Å²) >= 11 is 6.11. The van der Waals surface area contributed by atoms with Crippen LogP contribution in [0, 0.1) is 11.5 Å². The number of ether oxygens (including phenoxy) is 1. The number of benzene rings is 1. The maximum atomic E-state index is 10.8. The van der Waals surface area contributed by atoms with Crippen LogP contribution in [0.3, 0.4) is 0 Å². The molecule has 2 aliphatic heterocycles. The fraction of sp³-hybridized carbons (Fsp3) is 0.467. The molecule has 0 saturated heterocycles. The zero-order valence-corrected chi connectivity index (χ0v) is 13.1. The van der Waals surface area contributed by atoms with Crippen LogP contribution in [0.4, 0.5) is 0 Å². The number of aliphatic hydroxyl groups is 1. The van der Waals surface area contributed by atoms with Crippen molar-refractivity contribution in [3.8, 4) is 11.9 Å². The predicted octanol–water partition coefficient (Wildman–Crippen LogP) is 1.66. The number of nitrogens with one attached hydrogen (secondary N) is 1. The molecule has 6 nitrogen and oxygen atoms in total. The molecule has 0 aliphatic carbocycles. The van der Waals surface area contributed by atoms with Gasteiger partial charge in [0.05, 0.1) is 12.6 Å². The van der Waals surface area contributed by atoms with Gasteiger partial charge in [-0.1, -0.05) is 11.6 Å². The number of hydrogen-bond acceptors (Lipinski definition) is 6. The van der Waals surface area contributed by atoms with E-state index in [4.69, 9.17) is 21.6 Å². The van der Waals surface area contributed by atoms with Gasteiger partial charge in [0, 0.05) is 17.1 Å². The SMILES string of the molecule is CC1(C)Oc2ccc(Cl)cc2C(N2CCN=C2NC#N)C1O. The van der Waals surface area contributed by atoms with Crippen molar-refractivity contribution in [1.82, 2.24) is 10.2 Å². The maximum absolute atomic E-state index is 10.8. The number of halogens is 1. The molecule has 3 rings (SSSR count). The molecule has 0 fully saturated rings. The number of fused-ring (bicyclic) bond motifs is 1. The monoisotopic (exact) mass is 320 g/mol. The first-order valence-corrected chi connectivity index (χ1v) is 7.44. The summed E-state index contributed by atoms with van der Waals surface area (Å²) in [6, 6.07) is 4.99. The van der Waals surface area contributed by atoms with Crippen LogP contribution in [0.15, 0.2) is 23.2 Å². The van der Waals surface area contributed by atoms with Crippen LogP contribution >= 0.6 is 11.6 Å². The van der Waals surface area contributed by atoms with Gasteiger partial charge in [-0.05, 0) is 32.0 Å². The van der Waals surface area contributed by atoms with Gasteiger partial charge < -0.3 is 14.7 Å². The van der Waals surface area contributed by atoms with Gasteiger partial charge in [0.25, 0.3) is 0 Å². The minimum absolute atomic E-state index is 0.375. The normalized spacial score (nSPS) is 25.8. The molecule has 2 heterocycles. The summed E-state index contributed by atoms with van der Waals surface area (Å²) in [4.78, 5) is 6.18. The van der Waals surface area contributed by atoms with E-state index in [-0.39, 0.29) is 6.04 Å². The summed E-state index contributed by atoms with van der Waals surface area (Å²) in [6.45, 7) is 4.87. The standard InChI is InChI=1S/C15H17ClN4O2/c1-15(2)13(21)12(20-6-5-18-14(20)19-8-17)10-7-9(16)3-4-11(10)22-15/h3-4,7,12-13,21H,5-6H2,1-2H3,(H,18,19). The van der Waals surface area contributed by atoms with E-state index in [1.165, 1.54) is 0 Å². The van der Waals surface area contributed by atoms with Gasteiger partial charge >= 0.3 is 0 Å². The molecule has 0 amide bonds. The van der Waals surface area contributed by atoms with Crippen LogP contribution < -0.4 is 10.1 Å². The number of aliphatic imine (C=N–C) groups is 1. The quantitative estimate of drug-likeness (QED) is 0.607. The van der Waals surface area contributed by atoms with Crippen LogP contribution in [0.25, 0.3) is 0 Å². The lowest BCUT2D eigenvalue weighted by Gasteiger charge is -2.45. The molecule has 0 radical (unpaired) electrons. The fourth-order valence-electron chi connectivity index (χ4n) is 2.97. The van der Waals surface area contributed by atoms with Crippen LogP contribution in [0.1, 0.15) is 25.5 Å². The van der Waals surface area contributed by atoms with E-state index in [9.17, 15) is 5.11 Å². The predicted molar refractivity (Wildman–Crippen MR) is 82.7 cm³/mol. The molecule has 2 aliphatic rings. The molecule has 1 aromatic rings. The Bertz CT molecular complexity index is 668. The molecule has 0 bridgehead atoms. The topological polar surface area (TPSA) is 80.9 Å². The summed E-state index contributed by atoms with van der Waals surface area (Å²) in [5, 5.41) is 22.8. The number of rotatable bonds is 1. The zero-order valence-electron chi connectivity index (χ0n) is 12.4. The Morgan fingerprint density at radius 3 is 3.05 bits per heavy atom. The van der Waals surface area contributed by atoms with E-state index in [2.05, 4.69) is 10.3 Å². The third-order valence-corrected chi connectivity index (χ3v) is 4.29. The van der Waals surface area contributed by atoms with Crippen molar-refractivity contribution in [2.24, 2.45) is 4.99 Å². The van der Waals surface area contributed by atoms with Gasteiger partial charge in [0.15, 0.2) is 6.19 Å². The minimum atomic E-state index is -0.790. The molecule has 1 aromatic carbocycles. The second kappa shape index (κ2) is 5.34. The highest BCUT2D eigenvalue weighted by Crippen LogP contribution is 2.44. The largest absolute Gasteiger partial charge is 0.485 e. The summed E-state index contributed by atoms with van der Waals surface area (Å²) in [5.41, 5.74) is 0.0416. The van der Waals surface area contributed by atoms with Crippen molar-refractivity contribution in [3.05, 3.63) is 28.8 Å². The van der Waals surface area contributed by atoms with E-state index < -0.39 is 11.7 Å². The van der Waals surface area contributed by atoms with E-state index >= 15 is 0 Å². The molecule has 2 unspecified atom stereocenters. The third-order valence-electron chi connectivity index (χ3n) is 4.05. The van der Waals surface area contributed by atoms with Gasteiger partial charge in [-0.2, -0.15) is 5.26 Å². The van der Waals surface area contributed by atoms with Gasteiger partial charge in [-0.15, -0.1) is 0 Å². The number of nitriles is 1. The van der Waals surface area contributed by atoms with Gasteiger partial charge in [0.2, 0.25) is 5.96 Å². The highest BCUT2D eigenvalue weighted by atomic mass is 35.5. The number of guanidine groups is 1. The fourth-order valence-corrected chi connectivity index (χ4v) is 3.15. The number of hydrogen-bond donors (Lipinski definition) is 2. The number of aliphatic hydroxyl groups excluding tert-OH is 1. The van der Waals surface area contributed by atoms with Crippen molar-refractivity contribution in [2.75, 3.05) is 13.1 Å². The van der Waals surface area contributed by atoms with Crippen LogP contribution in [0.2, 0.25) is 5.02 Å². The van der Waals surface area contributed by atoms with Crippen molar-refractivity contribution >= 4 is 17.6 Å². The molecule has 2 atom stereocenters. The van der Waals surface area contributed by atoms with Crippen molar-refractivity contribution in [1.29, 1.82) is 5.26 Å². The van der Waals surface area contributed by atoms with Crippen molar-refractivity contribution < 1.29 is 9.84 Å². The Balaban J connectivity index is 2.07. The van der Waals surface area contributed by atoms with E-state index in [0.717, 1.165) is 5.56 Å². The lowest BCUT2D eigenvalue weighted by atomic mass is 9.85. The molecule has 116 valence electrons. The van der Waals surface area contributed by atoms with Crippen molar-refractivity contribution in [2.45, 2.75) is 31.6 Å². The van der Waals surface area contributed by atoms with Gasteiger partial charge in [-0.25, -0.2) is 0 Å². The van der Waals surface area contributed by atoms with Crippen LogP contribution in [-0.4, -0.2) is 40.8 Å². The molecule has 0 aromatic heterocycles. The lowest BCUT2D eigenvalue weighted by molar-refractivity contribution is -0.0805. The Kier molecular flexibility index (Phi) is 3.63. The molecule has 7 heteroatoms. The Hall–Kier alpha value is -1.97. The van der Waals surface area contributed by atoms with Crippen LogP contribution in [-0.2, 0) is 0 Å². The number of nitrogens with zero attached hydrogens (tertiary/aromatic N) is 3. The zero-order chi connectivity index (χ0) is 15.9. The summed E-state index contributed by atoms with van der Waals surface area (Å²) in [5.74, 6) is 1.16. The molecular weight excluding hydrogens is 304 g/mol. The van der Waals surface area contributed by atoms with Gasteiger partial charge in [0.1, 0.15) is 17.5 Å². The molecule has 0 spiro atoms. The maximum Gasteiger partial charge on any atom is 0.208 e. The molecular formula is C15H17ClN4O2. The average molecular weight is 321 g/mol. The molecule has 0 saturated carbocycles. The molecule has 22 heavy (non-hydrogen) atoms. The highest BCUT2D eigenvalue weighted by molar-refractivity contribution is 6.30. The van der Waals surface area contributed by atoms with Gasteiger partial charge in [-0.3, -0.25) is 10.3 Å². The van der Waals surface area contributed by atoms with E-state index in [1.54, 1.807) is 12.1 Å². The van der Waals surface area contributed by atoms with E-state index in [0.29, 0.717) is 29.8 Å². The summed E-state index contributed by atoms with van der Waals surface area (Å²) in [7, 11) is 0. The highest BCUT2D eigenvalue weighted by Gasteiger charge is 2.47. The third kappa shape index (κ3) is 2.36. The summed E-state index contributed by atoms with van der Waals surface area (Å²) < 4.78 is 5.91. The smallest absolute Gasteiger partial charge is 0.208 e. The van der Waals surface area contributed by atoms with Crippen molar-refractivity contribution in [3.63, 3.8) is 0 Å². The molecule has 2 N–H and O–H groups in total. The first-order chi connectivity index (χ1) is 10.4.